The van der Waals surface area contributed by atoms with E-state index in [0.717, 1.165) is 25.7 Å². The molecule has 3 rings (SSSR count). The minimum absolute atomic E-state index is 0.0637. The van der Waals surface area contributed by atoms with Gasteiger partial charge in [-0.1, -0.05) is 0 Å². The fourth-order valence-corrected chi connectivity index (χ4v) is 4.30. The number of amides is 1. The summed E-state index contributed by atoms with van der Waals surface area (Å²) >= 11 is 0. The second kappa shape index (κ2) is 7.72. The van der Waals surface area contributed by atoms with E-state index in [4.69, 9.17) is 9.47 Å². The average Bonchev–Trinajstić information content (AvgIpc) is 3.32. The van der Waals surface area contributed by atoms with Crippen molar-refractivity contribution < 1.29 is 22.7 Å². The first-order valence-corrected chi connectivity index (χ1v) is 10.1. The number of benzene rings is 1. The second-order valence-corrected chi connectivity index (χ2v) is 8.12. The third-order valence-corrected chi connectivity index (χ3v) is 6.05. The van der Waals surface area contributed by atoms with Gasteiger partial charge in [-0.3, -0.25) is 4.79 Å². The fourth-order valence-electron chi connectivity index (χ4n) is 3.20. The Morgan fingerprint density at radius 2 is 2.08 bits per heavy atom. The Labute approximate surface area is 148 Å². The molecule has 2 fully saturated rings. The number of carbonyl (C=O) groups is 1. The Morgan fingerprint density at radius 3 is 2.72 bits per heavy atom. The van der Waals surface area contributed by atoms with Crippen molar-refractivity contribution in [2.75, 3.05) is 33.4 Å². The van der Waals surface area contributed by atoms with Crippen LogP contribution in [-0.2, 0) is 14.8 Å². The van der Waals surface area contributed by atoms with Gasteiger partial charge >= 0.3 is 0 Å². The quantitative estimate of drug-likeness (QED) is 0.820. The van der Waals surface area contributed by atoms with E-state index in [-0.39, 0.29) is 29.0 Å². The van der Waals surface area contributed by atoms with Crippen molar-refractivity contribution in [3.63, 3.8) is 0 Å². The molecule has 2 aliphatic rings. The van der Waals surface area contributed by atoms with Crippen LogP contribution in [0.5, 0.6) is 5.75 Å². The van der Waals surface area contributed by atoms with Gasteiger partial charge in [-0.05, 0) is 43.9 Å². The molecule has 0 aliphatic carbocycles. The lowest BCUT2D eigenvalue weighted by Gasteiger charge is -2.18. The molecule has 8 heteroatoms. The van der Waals surface area contributed by atoms with E-state index in [2.05, 4.69) is 4.72 Å². The predicted molar refractivity (Wildman–Crippen MR) is 92.3 cm³/mol. The van der Waals surface area contributed by atoms with E-state index in [0.29, 0.717) is 25.4 Å². The van der Waals surface area contributed by atoms with Crippen LogP contribution in [0.3, 0.4) is 0 Å². The maximum Gasteiger partial charge on any atom is 0.257 e. The summed E-state index contributed by atoms with van der Waals surface area (Å²) in [6, 6.07) is 4.39. The molecule has 0 aromatic heterocycles. The summed E-state index contributed by atoms with van der Waals surface area (Å²) in [6.45, 7) is 2.29. The number of rotatable bonds is 6. The minimum atomic E-state index is -3.71. The third kappa shape index (κ3) is 4.13. The molecule has 1 amide bonds. The van der Waals surface area contributed by atoms with Crippen LogP contribution in [-0.4, -0.2) is 58.7 Å². The van der Waals surface area contributed by atoms with Crippen LogP contribution in [0.2, 0.25) is 0 Å². The first-order valence-electron chi connectivity index (χ1n) is 8.60. The maximum absolute atomic E-state index is 12.7. The van der Waals surface area contributed by atoms with Gasteiger partial charge in [0.1, 0.15) is 5.75 Å². The smallest absolute Gasteiger partial charge is 0.257 e. The molecule has 0 saturated carbocycles. The number of methoxy groups -OCH3 is 1. The van der Waals surface area contributed by atoms with E-state index in [1.807, 2.05) is 0 Å². The molecule has 2 saturated heterocycles. The van der Waals surface area contributed by atoms with Crippen LogP contribution in [0.25, 0.3) is 0 Å². The van der Waals surface area contributed by atoms with E-state index in [9.17, 15) is 13.2 Å². The lowest BCUT2D eigenvalue weighted by atomic mass is 10.1. The highest BCUT2D eigenvalue weighted by Gasteiger charge is 2.26. The number of carbonyl (C=O) groups excluding carboxylic acids is 1. The Hall–Kier alpha value is -1.64. The maximum atomic E-state index is 12.7. The molecule has 2 aliphatic heterocycles. The average molecular weight is 368 g/mol. The minimum Gasteiger partial charge on any atom is -0.496 e. The number of likely N-dealkylation sites (tertiary alicyclic amines) is 1. The first-order chi connectivity index (χ1) is 12.0. The van der Waals surface area contributed by atoms with Crippen LogP contribution in [0.4, 0.5) is 0 Å². The lowest BCUT2D eigenvalue weighted by molar-refractivity contribution is 0.0789. The van der Waals surface area contributed by atoms with Crippen LogP contribution in [0.1, 0.15) is 36.0 Å². The number of nitrogens with zero attached hydrogens (tertiary/aromatic N) is 1. The molecule has 1 aromatic carbocycles. The molecule has 1 aromatic rings. The van der Waals surface area contributed by atoms with Crippen molar-refractivity contribution in [2.24, 2.45) is 0 Å². The van der Waals surface area contributed by atoms with Gasteiger partial charge in [0.05, 0.1) is 23.7 Å². The van der Waals surface area contributed by atoms with E-state index in [1.165, 1.54) is 25.3 Å². The zero-order valence-electron chi connectivity index (χ0n) is 14.4. The summed E-state index contributed by atoms with van der Waals surface area (Å²) < 4.78 is 38.4. The molecular weight excluding hydrogens is 344 g/mol. The summed E-state index contributed by atoms with van der Waals surface area (Å²) in [6.07, 6.45) is 3.65. The van der Waals surface area contributed by atoms with E-state index >= 15 is 0 Å². The van der Waals surface area contributed by atoms with Crippen LogP contribution < -0.4 is 9.46 Å². The molecule has 2 heterocycles. The van der Waals surface area contributed by atoms with Gasteiger partial charge in [0.25, 0.3) is 5.91 Å². The Kier molecular flexibility index (Phi) is 5.61. The Morgan fingerprint density at radius 1 is 1.32 bits per heavy atom. The number of sulfonamides is 1. The lowest BCUT2D eigenvalue weighted by Crippen LogP contribution is -2.32. The largest absolute Gasteiger partial charge is 0.496 e. The monoisotopic (exact) mass is 368 g/mol. The third-order valence-electron chi connectivity index (χ3n) is 4.63. The van der Waals surface area contributed by atoms with Crippen molar-refractivity contribution >= 4 is 15.9 Å². The van der Waals surface area contributed by atoms with Gasteiger partial charge in [0.15, 0.2) is 0 Å². The summed E-state index contributed by atoms with van der Waals surface area (Å²) in [7, 11) is -2.24. The first kappa shape index (κ1) is 18.2. The fraction of sp³-hybridized carbons (Fsp3) is 0.588. The van der Waals surface area contributed by atoms with Gasteiger partial charge in [-0.15, -0.1) is 0 Å². The van der Waals surface area contributed by atoms with E-state index in [1.54, 1.807) is 4.90 Å². The van der Waals surface area contributed by atoms with Crippen LogP contribution in [0.15, 0.2) is 23.1 Å². The molecule has 0 bridgehead atoms. The molecule has 25 heavy (non-hydrogen) atoms. The zero-order valence-corrected chi connectivity index (χ0v) is 15.2. The highest BCUT2D eigenvalue weighted by molar-refractivity contribution is 7.89. The molecular formula is C17H24N2O5S. The highest BCUT2D eigenvalue weighted by Crippen LogP contribution is 2.25. The molecule has 1 N–H and O–H groups in total. The standard InChI is InChI=1S/C17H24N2O5S/c1-23-16-7-6-14(11-15(16)17(20)19-8-2-3-9-19)25(21,22)18-12-13-5-4-10-24-13/h6-7,11,13,18H,2-5,8-10,12H2,1H3/t13-/m1/s1. The van der Waals surface area contributed by atoms with Gasteiger partial charge in [-0.25, -0.2) is 13.1 Å². The normalized spacial score (nSPS) is 20.8. The van der Waals surface area contributed by atoms with Crippen molar-refractivity contribution in [1.82, 2.24) is 9.62 Å². The number of ether oxygens (including phenoxy) is 2. The topological polar surface area (TPSA) is 84.9 Å². The number of hydrogen-bond donors (Lipinski definition) is 1. The highest BCUT2D eigenvalue weighted by atomic mass is 32.2. The van der Waals surface area contributed by atoms with Crippen molar-refractivity contribution in [2.45, 2.75) is 36.7 Å². The van der Waals surface area contributed by atoms with Gasteiger partial charge in [0.2, 0.25) is 10.0 Å². The Balaban J connectivity index is 1.80. The summed E-state index contributed by atoms with van der Waals surface area (Å²) in [5.74, 6) is 0.195. The number of nitrogens with one attached hydrogen (secondary N) is 1. The molecule has 0 spiro atoms. The summed E-state index contributed by atoms with van der Waals surface area (Å²) in [5.41, 5.74) is 0.282. The summed E-state index contributed by atoms with van der Waals surface area (Å²) in [4.78, 5) is 14.5. The summed E-state index contributed by atoms with van der Waals surface area (Å²) in [5, 5.41) is 0. The van der Waals surface area contributed by atoms with E-state index < -0.39 is 10.0 Å². The molecule has 138 valence electrons. The van der Waals surface area contributed by atoms with Gasteiger partial charge in [0, 0.05) is 26.2 Å². The molecule has 0 radical (unpaired) electrons. The zero-order chi connectivity index (χ0) is 17.9. The number of hydrogen-bond acceptors (Lipinski definition) is 5. The Bertz CT molecular complexity index is 723. The van der Waals surface area contributed by atoms with Crippen molar-refractivity contribution in [1.29, 1.82) is 0 Å². The van der Waals surface area contributed by atoms with Crippen LogP contribution >= 0.6 is 0 Å². The molecule has 0 unspecified atom stereocenters. The van der Waals surface area contributed by atoms with Crippen molar-refractivity contribution in [3.8, 4) is 5.75 Å². The van der Waals surface area contributed by atoms with Crippen LogP contribution in [0, 0.1) is 0 Å². The van der Waals surface area contributed by atoms with Gasteiger partial charge < -0.3 is 14.4 Å². The molecule has 7 nitrogen and oxygen atoms in total. The van der Waals surface area contributed by atoms with Gasteiger partial charge in [-0.2, -0.15) is 0 Å². The predicted octanol–water partition coefficient (Wildman–Crippen LogP) is 1.39. The SMILES string of the molecule is COc1ccc(S(=O)(=O)NC[C@H]2CCCO2)cc1C(=O)N1CCCC1. The van der Waals surface area contributed by atoms with Crippen molar-refractivity contribution in [3.05, 3.63) is 23.8 Å². The second-order valence-electron chi connectivity index (χ2n) is 6.35. The molecule has 1 atom stereocenters.